The summed E-state index contributed by atoms with van der Waals surface area (Å²) < 4.78 is 63.2. The number of halogens is 1. The highest BCUT2D eigenvalue weighted by molar-refractivity contribution is 7.93. The minimum absolute atomic E-state index is 0.00650. The third-order valence-corrected chi connectivity index (χ3v) is 8.19. The Morgan fingerprint density at radius 3 is 2.49 bits per heavy atom. The van der Waals surface area contributed by atoms with Crippen LogP contribution in [-0.4, -0.2) is 57.7 Å². The van der Waals surface area contributed by atoms with Crippen LogP contribution in [0.5, 0.6) is 11.5 Å². The average Bonchev–Trinajstić information content (AvgIpc) is 3.27. The molecule has 4 aromatic rings. The molecule has 3 heterocycles. The zero-order valence-electron chi connectivity index (χ0n) is 23.1. The molecule has 0 fully saturated rings. The molecule has 216 valence electrons. The largest absolute Gasteiger partial charge is 0.491 e. The molecule has 1 aliphatic rings. The van der Waals surface area contributed by atoms with E-state index in [1.165, 1.54) is 31.2 Å². The fraction of sp³-hybridized carbons (Fsp3) is 0.357. The van der Waals surface area contributed by atoms with E-state index in [-0.39, 0.29) is 36.9 Å². The molecule has 41 heavy (non-hydrogen) atoms. The van der Waals surface area contributed by atoms with Gasteiger partial charge >= 0.3 is 0 Å². The van der Waals surface area contributed by atoms with Gasteiger partial charge in [-0.25, -0.2) is 22.8 Å². The van der Waals surface area contributed by atoms with E-state index < -0.39 is 27.4 Å². The first-order valence-electron chi connectivity index (χ1n) is 13.1. The Morgan fingerprint density at radius 2 is 1.78 bits per heavy atom. The fourth-order valence-corrected chi connectivity index (χ4v) is 5.47. The van der Waals surface area contributed by atoms with Crippen molar-refractivity contribution in [3.05, 3.63) is 78.1 Å². The Morgan fingerprint density at radius 1 is 1.07 bits per heavy atom. The first-order chi connectivity index (χ1) is 19.6. The van der Waals surface area contributed by atoms with Gasteiger partial charge < -0.3 is 14.2 Å². The zero-order chi connectivity index (χ0) is 29.1. The number of sulfonamides is 1. The normalized spacial score (nSPS) is 16.2. The van der Waals surface area contributed by atoms with Gasteiger partial charge in [0.25, 0.3) is 0 Å². The topological polar surface area (TPSA) is 130 Å². The second-order valence-corrected chi connectivity index (χ2v) is 12.1. The molecule has 0 saturated carbocycles. The van der Waals surface area contributed by atoms with Crippen molar-refractivity contribution in [1.29, 1.82) is 0 Å². The highest BCUT2D eigenvalue weighted by Gasteiger charge is 2.37. The van der Waals surface area contributed by atoms with Crippen molar-refractivity contribution < 1.29 is 27.0 Å². The lowest BCUT2D eigenvalue weighted by Gasteiger charge is -2.26. The van der Waals surface area contributed by atoms with Crippen LogP contribution in [0.1, 0.15) is 44.3 Å². The van der Waals surface area contributed by atoms with Crippen LogP contribution in [0.2, 0.25) is 0 Å². The Labute approximate surface area is 237 Å². The number of aromatic nitrogens is 5. The minimum Gasteiger partial charge on any atom is -0.491 e. The SMILES string of the molecule is Cc1cnc([C@H](OC(C)C)[C@H](C)S(=O)(=O)Nc2nnc3n2[C@@H](COc2ccc(F)cc2)COc2ccccc2-3)nc1. The number of para-hydroxylation sites is 1. The average molecular weight is 583 g/mol. The summed E-state index contributed by atoms with van der Waals surface area (Å²) in [7, 11) is -4.11. The number of fused-ring (bicyclic) bond motifs is 3. The van der Waals surface area contributed by atoms with Crippen molar-refractivity contribution in [1.82, 2.24) is 24.7 Å². The Balaban J connectivity index is 1.48. The number of anilines is 1. The number of aryl methyl sites for hydroxylation is 1. The molecule has 3 atom stereocenters. The molecule has 0 amide bonds. The quantitative estimate of drug-likeness (QED) is 0.287. The monoisotopic (exact) mass is 582 g/mol. The standard InChI is InChI=1S/C28H31FN6O5S/c1-17(2)40-25(26-30-13-18(3)14-31-26)19(4)41(36,37)34-28-33-32-27-23-7-5-6-8-24(23)39-16-21(35(27)28)15-38-22-11-9-20(29)10-12-22/h5-14,17,19,21,25H,15-16H2,1-4H3,(H,33,34)/t19-,21-,25+/m0/s1. The molecule has 0 saturated heterocycles. The molecule has 13 heteroatoms. The molecule has 0 bridgehead atoms. The van der Waals surface area contributed by atoms with E-state index in [2.05, 4.69) is 24.9 Å². The Kier molecular flexibility index (Phi) is 8.18. The van der Waals surface area contributed by atoms with Gasteiger partial charge in [-0.15, -0.1) is 10.2 Å². The molecular weight excluding hydrogens is 551 g/mol. The predicted molar refractivity (Wildman–Crippen MR) is 150 cm³/mol. The molecule has 2 aromatic heterocycles. The van der Waals surface area contributed by atoms with Gasteiger partial charge in [-0.2, -0.15) is 0 Å². The molecular formula is C28H31FN6O5S. The van der Waals surface area contributed by atoms with Gasteiger partial charge in [0.05, 0.1) is 11.7 Å². The Hall–Kier alpha value is -4.10. The summed E-state index contributed by atoms with van der Waals surface area (Å²) in [6.45, 7) is 7.23. The predicted octanol–water partition coefficient (Wildman–Crippen LogP) is 4.49. The molecule has 1 aliphatic heterocycles. The van der Waals surface area contributed by atoms with Crippen molar-refractivity contribution in [3.8, 4) is 22.9 Å². The molecule has 0 radical (unpaired) electrons. The molecule has 11 nitrogen and oxygen atoms in total. The zero-order valence-corrected chi connectivity index (χ0v) is 23.9. The van der Waals surface area contributed by atoms with Crippen LogP contribution in [0.25, 0.3) is 11.4 Å². The van der Waals surface area contributed by atoms with Crippen LogP contribution < -0.4 is 14.2 Å². The van der Waals surface area contributed by atoms with E-state index in [1.54, 1.807) is 23.0 Å². The lowest BCUT2D eigenvalue weighted by atomic mass is 10.2. The molecule has 5 rings (SSSR count). The molecule has 0 aliphatic carbocycles. The summed E-state index contributed by atoms with van der Waals surface area (Å²) >= 11 is 0. The number of hydrogen-bond acceptors (Lipinski definition) is 9. The minimum atomic E-state index is -4.11. The molecule has 1 N–H and O–H groups in total. The van der Waals surface area contributed by atoms with Gasteiger partial charge in [-0.05, 0) is 69.7 Å². The van der Waals surface area contributed by atoms with E-state index in [4.69, 9.17) is 14.2 Å². The number of ether oxygens (including phenoxy) is 3. The van der Waals surface area contributed by atoms with E-state index >= 15 is 0 Å². The third kappa shape index (κ3) is 6.30. The van der Waals surface area contributed by atoms with Gasteiger partial charge in [-0.3, -0.25) is 9.29 Å². The number of hydrogen-bond donors (Lipinski definition) is 1. The summed E-state index contributed by atoms with van der Waals surface area (Å²) in [5.41, 5.74) is 1.49. The van der Waals surface area contributed by atoms with E-state index in [0.29, 0.717) is 22.9 Å². The van der Waals surface area contributed by atoms with E-state index in [1.807, 2.05) is 39.0 Å². The molecule has 0 spiro atoms. The van der Waals surface area contributed by atoms with Gasteiger partial charge in [0.2, 0.25) is 16.0 Å². The van der Waals surface area contributed by atoms with Crippen molar-refractivity contribution in [2.24, 2.45) is 0 Å². The molecule has 0 unspecified atom stereocenters. The van der Waals surface area contributed by atoms with Crippen LogP contribution in [0, 0.1) is 12.7 Å². The second-order valence-electron chi connectivity index (χ2n) is 10.0. The summed E-state index contributed by atoms with van der Waals surface area (Å²) in [5.74, 6) is 1.31. The maximum absolute atomic E-state index is 13.8. The van der Waals surface area contributed by atoms with E-state index in [0.717, 1.165) is 5.56 Å². The summed E-state index contributed by atoms with van der Waals surface area (Å²) in [4.78, 5) is 8.65. The van der Waals surface area contributed by atoms with Gasteiger partial charge in [0.15, 0.2) is 11.6 Å². The highest BCUT2D eigenvalue weighted by Crippen LogP contribution is 2.36. The maximum Gasteiger partial charge on any atom is 0.240 e. The highest BCUT2D eigenvalue weighted by atomic mass is 32.2. The number of rotatable bonds is 10. The lowest BCUT2D eigenvalue weighted by molar-refractivity contribution is 0.00152. The Bertz CT molecular complexity index is 1600. The fourth-order valence-electron chi connectivity index (χ4n) is 4.38. The first-order valence-corrected chi connectivity index (χ1v) is 14.7. The third-order valence-electron chi connectivity index (χ3n) is 6.50. The van der Waals surface area contributed by atoms with Crippen LogP contribution >= 0.6 is 0 Å². The van der Waals surface area contributed by atoms with Crippen molar-refractivity contribution >= 4 is 16.0 Å². The van der Waals surface area contributed by atoms with Crippen LogP contribution in [0.3, 0.4) is 0 Å². The lowest BCUT2D eigenvalue weighted by Crippen LogP contribution is -2.35. The van der Waals surface area contributed by atoms with E-state index in [9.17, 15) is 12.8 Å². The number of nitrogens with one attached hydrogen (secondary N) is 1. The van der Waals surface area contributed by atoms with Crippen molar-refractivity contribution in [2.45, 2.75) is 51.2 Å². The molecule has 2 aromatic carbocycles. The first kappa shape index (κ1) is 28.4. The van der Waals surface area contributed by atoms with Crippen LogP contribution in [0.15, 0.2) is 60.9 Å². The van der Waals surface area contributed by atoms with Gasteiger partial charge in [-0.1, -0.05) is 12.1 Å². The summed E-state index contributed by atoms with van der Waals surface area (Å²) in [6.07, 6.45) is 2.01. The smallest absolute Gasteiger partial charge is 0.240 e. The number of nitrogens with zero attached hydrogens (tertiary/aromatic N) is 5. The van der Waals surface area contributed by atoms with Crippen LogP contribution in [-0.2, 0) is 14.8 Å². The summed E-state index contributed by atoms with van der Waals surface area (Å²) in [6, 6.07) is 12.4. The summed E-state index contributed by atoms with van der Waals surface area (Å²) in [5, 5.41) is 7.45. The van der Waals surface area contributed by atoms with Gasteiger partial charge in [0, 0.05) is 12.4 Å². The van der Waals surface area contributed by atoms with Crippen LogP contribution in [0.4, 0.5) is 10.3 Å². The van der Waals surface area contributed by atoms with Crippen molar-refractivity contribution in [2.75, 3.05) is 17.9 Å². The number of benzene rings is 2. The van der Waals surface area contributed by atoms with Crippen molar-refractivity contribution in [3.63, 3.8) is 0 Å². The van der Waals surface area contributed by atoms with Gasteiger partial charge in [0.1, 0.15) is 47.9 Å². The maximum atomic E-state index is 13.8. The second kappa shape index (κ2) is 11.8.